The maximum Gasteiger partial charge on any atom is 0.333 e. The molecule has 2 saturated heterocycles. The second kappa shape index (κ2) is 24.9. The van der Waals surface area contributed by atoms with Crippen molar-refractivity contribution in [2.75, 3.05) is 52.7 Å². The quantitative estimate of drug-likeness (QED) is 0.0199. The van der Waals surface area contributed by atoms with Crippen LogP contribution in [-0.4, -0.2) is 89.0 Å². The molecule has 8 nitrogen and oxygen atoms in total. The summed E-state index contributed by atoms with van der Waals surface area (Å²) in [6.45, 7) is 26.7. The monoisotopic (exact) mass is 943 g/mol. The predicted octanol–water partition coefficient (Wildman–Crippen LogP) is 12.2. The van der Waals surface area contributed by atoms with Gasteiger partial charge >= 0.3 is 11.9 Å². The topological polar surface area (TPSA) is 77.5 Å². The molecule has 0 spiro atoms. The molecule has 10 heteroatoms. The van der Waals surface area contributed by atoms with Crippen molar-refractivity contribution in [2.24, 2.45) is 10.8 Å². The van der Waals surface area contributed by atoms with Crippen LogP contribution in [0.25, 0.3) is 21.5 Å². The number of carbonyl (C=O) groups excluding carboxylic acids is 2. The van der Waals surface area contributed by atoms with E-state index in [2.05, 4.69) is 162 Å². The van der Waals surface area contributed by atoms with Crippen molar-refractivity contribution in [3.8, 4) is 0 Å². The molecule has 2 radical (unpaired) electrons. The molecule has 0 aliphatic carbocycles. The molecule has 70 heavy (non-hydrogen) atoms. The molecule has 2 aliphatic heterocycles. The summed E-state index contributed by atoms with van der Waals surface area (Å²) in [6.07, 6.45) is 6.97. The van der Waals surface area contributed by atoms with E-state index in [1.54, 1.807) is 13.8 Å². The second-order valence-corrected chi connectivity index (χ2v) is 21.4. The van der Waals surface area contributed by atoms with E-state index >= 15 is 0 Å². The van der Waals surface area contributed by atoms with Crippen molar-refractivity contribution < 1.29 is 28.5 Å². The maximum absolute atomic E-state index is 12.1. The smallest absolute Gasteiger partial charge is 0.333 e. The molecule has 0 amide bonds. The lowest BCUT2D eigenvalue weighted by Crippen LogP contribution is -2.30. The van der Waals surface area contributed by atoms with Crippen molar-refractivity contribution in [1.29, 1.82) is 0 Å². The minimum atomic E-state index is -0.394. The Bertz CT molecular complexity index is 2340. The van der Waals surface area contributed by atoms with Gasteiger partial charge in [-0.05, 0) is 104 Å². The SMILES string of the molecule is C=C(C)C(=O)OCCOCCN(Cc1ccccc1C1[B]CC(C)(C)CC1)Cc1c2ccccc2c(CN(CCOCCOC(=O)C(=C)C)Cc2ccccc2C2[B]CC(C)(C)CC2)c2ccccc12. The third kappa shape index (κ3) is 14.6. The average Bonchev–Trinajstić information content (AvgIpc) is 3.34. The number of ether oxygens (including phenoxy) is 4. The van der Waals surface area contributed by atoms with Crippen LogP contribution in [0.1, 0.15) is 112 Å². The molecule has 2 aliphatic rings. The van der Waals surface area contributed by atoms with Crippen molar-refractivity contribution >= 4 is 48.0 Å². The van der Waals surface area contributed by atoms with Gasteiger partial charge in [0.25, 0.3) is 0 Å². The lowest BCUT2D eigenvalue weighted by atomic mass is 9.47. The van der Waals surface area contributed by atoms with Crippen molar-refractivity contribution in [3.05, 3.63) is 155 Å². The summed E-state index contributed by atoms with van der Waals surface area (Å²) in [7, 11) is 5.10. The first-order valence-corrected chi connectivity index (χ1v) is 25.7. The molecule has 2 heterocycles. The van der Waals surface area contributed by atoms with Crippen LogP contribution < -0.4 is 0 Å². The van der Waals surface area contributed by atoms with E-state index in [0.29, 0.717) is 73.1 Å². The van der Waals surface area contributed by atoms with Gasteiger partial charge in [-0.2, -0.15) is 0 Å². The Labute approximate surface area is 420 Å². The zero-order valence-electron chi connectivity index (χ0n) is 43.0. The van der Waals surface area contributed by atoms with E-state index < -0.39 is 11.9 Å². The number of nitrogens with zero attached hydrogens (tertiary/aromatic N) is 2. The first kappa shape index (κ1) is 52.8. The fourth-order valence-electron chi connectivity index (χ4n) is 10.3. The molecule has 2 fully saturated rings. The van der Waals surface area contributed by atoms with Crippen LogP contribution in [-0.2, 0) is 54.7 Å². The minimum Gasteiger partial charge on any atom is -0.460 e. The normalized spacial score (nSPS) is 17.5. The Morgan fingerprint density at radius 2 is 0.886 bits per heavy atom. The Balaban J connectivity index is 1.20. The first-order chi connectivity index (χ1) is 33.7. The number of rotatable bonds is 24. The van der Waals surface area contributed by atoms with E-state index in [0.717, 1.165) is 51.7 Å². The standard InChI is InChI=1S/C60H76B2N2O6/c1-43(2)57(65)69-35-33-67-31-29-63(37-45-17-9-11-19-47(45)55-25-27-59(5,6)41-61-55)39-53-49-21-13-15-23-51(49)54(52-24-16-14-22-50(52)53)40-64(30-32-68-34-36-70-58(66)44(3)4)38-46-18-10-12-20-48(46)56-26-28-60(7,8)42-62-56/h9-24,55-56H,1,3,25-42H2,2,4-8H3. The van der Waals surface area contributed by atoms with Gasteiger partial charge in [0.05, 0.1) is 26.4 Å². The van der Waals surface area contributed by atoms with Gasteiger partial charge in [-0.15, -0.1) is 0 Å². The zero-order valence-corrected chi connectivity index (χ0v) is 43.0. The van der Waals surface area contributed by atoms with Crippen molar-refractivity contribution in [2.45, 2.75) is 118 Å². The van der Waals surface area contributed by atoms with Gasteiger partial charge in [-0.1, -0.05) is 163 Å². The molecule has 2 atom stereocenters. The molecule has 368 valence electrons. The molecule has 5 aromatic rings. The van der Waals surface area contributed by atoms with Crippen molar-refractivity contribution in [1.82, 2.24) is 9.80 Å². The largest absolute Gasteiger partial charge is 0.460 e. The summed E-state index contributed by atoms with van der Waals surface area (Å²) in [5.41, 5.74) is 9.59. The van der Waals surface area contributed by atoms with E-state index in [1.807, 2.05) is 0 Å². The Morgan fingerprint density at radius 1 is 0.529 bits per heavy atom. The number of esters is 2. The molecule has 0 aromatic heterocycles. The molecular formula is C60H76B2N2O6. The van der Waals surface area contributed by atoms with Gasteiger partial charge in [-0.25, -0.2) is 9.59 Å². The number of carbonyl (C=O) groups is 2. The van der Waals surface area contributed by atoms with Gasteiger partial charge < -0.3 is 18.9 Å². The van der Waals surface area contributed by atoms with Crippen LogP contribution in [0.3, 0.4) is 0 Å². The Kier molecular flexibility index (Phi) is 18.8. The molecule has 0 saturated carbocycles. The Morgan fingerprint density at radius 3 is 1.23 bits per heavy atom. The lowest BCUT2D eigenvalue weighted by Gasteiger charge is -2.35. The number of hydrogen-bond acceptors (Lipinski definition) is 8. The van der Waals surface area contributed by atoms with Crippen molar-refractivity contribution in [3.63, 3.8) is 0 Å². The minimum absolute atomic E-state index is 0.191. The van der Waals surface area contributed by atoms with E-state index in [-0.39, 0.29) is 13.2 Å². The highest BCUT2D eigenvalue weighted by atomic mass is 16.6. The van der Waals surface area contributed by atoms with Gasteiger partial charge in [0.1, 0.15) is 27.8 Å². The third-order valence-corrected chi connectivity index (χ3v) is 14.5. The van der Waals surface area contributed by atoms with Crippen LogP contribution in [0.4, 0.5) is 0 Å². The molecule has 5 aromatic carbocycles. The van der Waals surface area contributed by atoms with Crippen LogP contribution in [0.5, 0.6) is 0 Å². The summed E-state index contributed by atoms with van der Waals surface area (Å²) >= 11 is 0. The second-order valence-electron chi connectivity index (χ2n) is 21.4. The number of fused-ring (bicyclic) bond motifs is 2. The zero-order chi connectivity index (χ0) is 49.7. The fraction of sp³-hybridized carbons (Fsp3) is 0.467. The van der Waals surface area contributed by atoms with Crippen LogP contribution in [0.15, 0.2) is 121 Å². The summed E-state index contributed by atoms with van der Waals surface area (Å²) in [4.78, 5) is 29.2. The van der Waals surface area contributed by atoms with Gasteiger partial charge in [0, 0.05) is 50.4 Å². The van der Waals surface area contributed by atoms with Crippen LogP contribution in [0, 0.1) is 10.8 Å². The lowest BCUT2D eigenvalue weighted by molar-refractivity contribution is -0.141. The van der Waals surface area contributed by atoms with Gasteiger partial charge in [-0.3, -0.25) is 9.80 Å². The highest BCUT2D eigenvalue weighted by Crippen LogP contribution is 2.42. The molecule has 2 unspecified atom stereocenters. The highest BCUT2D eigenvalue weighted by molar-refractivity contribution is 6.38. The molecule has 0 bridgehead atoms. The van der Waals surface area contributed by atoms with E-state index in [4.69, 9.17) is 18.9 Å². The van der Waals surface area contributed by atoms with E-state index in [9.17, 15) is 9.59 Å². The van der Waals surface area contributed by atoms with Gasteiger partial charge in [0.15, 0.2) is 0 Å². The van der Waals surface area contributed by atoms with E-state index in [1.165, 1.54) is 67.8 Å². The summed E-state index contributed by atoms with van der Waals surface area (Å²) < 4.78 is 23.0. The predicted molar refractivity (Wildman–Crippen MR) is 288 cm³/mol. The van der Waals surface area contributed by atoms with Gasteiger partial charge in [0.2, 0.25) is 0 Å². The fourth-order valence-corrected chi connectivity index (χ4v) is 10.3. The average molecular weight is 943 g/mol. The first-order valence-electron chi connectivity index (χ1n) is 25.7. The summed E-state index contributed by atoms with van der Waals surface area (Å²) in [5.74, 6) is 0.0702. The number of benzene rings is 5. The number of hydrogen-bond donors (Lipinski definition) is 0. The van der Waals surface area contributed by atoms with Crippen LogP contribution in [0.2, 0.25) is 12.6 Å². The highest BCUT2D eigenvalue weighted by Gasteiger charge is 2.31. The Hall–Kier alpha value is -4.99. The van der Waals surface area contributed by atoms with Crippen LogP contribution >= 0.6 is 0 Å². The summed E-state index contributed by atoms with van der Waals surface area (Å²) in [6, 6.07) is 35.9. The molecule has 0 N–H and O–H groups in total. The summed E-state index contributed by atoms with van der Waals surface area (Å²) in [5, 5.41) is 5.00. The third-order valence-electron chi connectivity index (χ3n) is 14.5. The molecular weight excluding hydrogens is 866 g/mol. The maximum atomic E-state index is 12.1. The molecule has 7 rings (SSSR count).